The molecule has 4 nitrogen and oxygen atoms in total. The molecule has 1 aliphatic carbocycles. The van der Waals surface area contributed by atoms with Crippen LogP contribution in [0.3, 0.4) is 0 Å². The number of aliphatic hydroxyl groups excluding tert-OH is 1. The lowest BCUT2D eigenvalue weighted by atomic mass is 9.92. The second-order valence-corrected chi connectivity index (χ2v) is 5.44. The van der Waals surface area contributed by atoms with Crippen molar-refractivity contribution in [1.29, 1.82) is 0 Å². The van der Waals surface area contributed by atoms with Crippen LogP contribution in [0.1, 0.15) is 34.6 Å². The maximum absolute atomic E-state index is 9.27. The van der Waals surface area contributed by atoms with E-state index >= 15 is 0 Å². The average Bonchev–Trinajstić information content (AvgIpc) is 2.88. The van der Waals surface area contributed by atoms with Crippen molar-refractivity contribution in [2.75, 3.05) is 0 Å². The van der Waals surface area contributed by atoms with Crippen molar-refractivity contribution in [2.45, 2.75) is 45.4 Å². The molecule has 4 heteroatoms. The highest BCUT2D eigenvalue weighted by molar-refractivity contribution is 5.28. The lowest BCUT2D eigenvalue weighted by molar-refractivity contribution is 0.265. The van der Waals surface area contributed by atoms with E-state index in [1.807, 2.05) is 0 Å². The summed E-state index contributed by atoms with van der Waals surface area (Å²) in [6.07, 6.45) is 2.84. The van der Waals surface area contributed by atoms with Crippen molar-refractivity contribution in [3.63, 3.8) is 0 Å². The number of aryl methyl sites for hydroxylation is 2. The van der Waals surface area contributed by atoms with Crippen molar-refractivity contribution >= 4 is 0 Å². The Hall–Kier alpha value is -1.65. The molecule has 0 radical (unpaired) electrons. The van der Waals surface area contributed by atoms with E-state index in [2.05, 4.69) is 41.7 Å². The fraction of sp³-hybridized carbons (Fsp3) is 0.438. The number of fused-ring (bicyclic) bond motifs is 1. The van der Waals surface area contributed by atoms with E-state index in [9.17, 15) is 5.11 Å². The molecule has 3 rings (SSSR count). The summed E-state index contributed by atoms with van der Waals surface area (Å²) >= 11 is 0. The standard InChI is InChI=1S/C16H20N2O2/c1-11-4-2-3-5-12(11)9-17-13-6-7-16-14(8-13)15(10-19)18-20-16/h2-5,13,17,19H,6-10H2,1H3. The Morgan fingerprint density at radius 1 is 1.40 bits per heavy atom. The maximum Gasteiger partial charge on any atom is 0.140 e. The van der Waals surface area contributed by atoms with E-state index in [4.69, 9.17) is 4.52 Å². The van der Waals surface area contributed by atoms with Gasteiger partial charge in [-0.15, -0.1) is 0 Å². The van der Waals surface area contributed by atoms with Crippen LogP contribution in [0.2, 0.25) is 0 Å². The zero-order valence-electron chi connectivity index (χ0n) is 11.7. The van der Waals surface area contributed by atoms with Crippen molar-refractivity contribution < 1.29 is 9.63 Å². The number of nitrogens with one attached hydrogen (secondary N) is 1. The van der Waals surface area contributed by atoms with E-state index < -0.39 is 0 Å². The Kier molecular flexibility index (Phi) is 3.85. The molecule has 1 aromatic heterocycles. The Bertz CT molecular complexity index is 578. The molecule has 0 amide bonds. The van der Waals surface area contributed by atoms with Crippen molar-refractivity contribution in [2.24, 2.45) is 0 Å². The normalized spacial score (nSPS) is 18.0. The van der Waals surface area contributed by atoms with Gasteiger partial charge in [0.2, 0.25) is 0 Å². The Morgan fingerprint density at radius 2 is 2.25 bits per heavy atom. The first-order valence-corrected chi connectivity index (χ1v) is 7.13. The number of hydrogen-bond donors (Lipinski definition) is 2. The van der Waals surface area contributed by atoms with Crippen molar-refractivity contribution in [3.8, 4) is 0 Å². The summed E-state index contributed by atoms with van der Waals surface area (Å²) in [4.78, 5) is 0. The Balaban J connectivity index is 1.64. The summed E-state index contributed by atoms with van der Waals surface area (Å²) < 4.78 is 5.27. The summed E-state index contributed by atoms with van der Waals surface area (Å²) in [6, 6.07) is 8.87. The molecule has 1 heterocycles. The van der Waals surface area contributed by atoms with Gasteiger partial charge in [-0.2, -0.15) is 0 Å². The summed E-state index contributed by atoms with van der Waals surface area (Å²) in [6.45, 7) is 2.98. The molecule has 106 valence electrons. The first-order chi connectivity index (χ1) is 9.78. The lowest BCUT2D eigenvalue weighted by Crippen LogP contribution is -2.34. The van der Waals surface area contributed by atoms with Crippen LogP contribution in [0.5, 0.6) is 0 Å². The number of benzene rings is 1. The number of nitrogens with zero attached hydrogens (tertiary/aromatic N) is 1. The van der Waals surface area contributed by atoms with Gasteiger partial charge < -0.3 is 14.9 Å². The van der Waals surface area contributed by atoms with Crippen LogP contribution >= 0.6 is 0 Å². The van der Waals surface area contributed by atoms with Gasteiger partial charge in [-0.1, -0.05) is 29.4 Å². The largest absolute Gasteiger partial charge is 0.390 e. The van der Waals surface area contributed by atoms with Crippen molar-refractivity contribution in [1.82, 2.24) is 10.5 Å². The van der Waals surface area contributed by atoms with Gasteiger partial charge in [0.05, 0.1) is 6.61 Å². The molecular formula is C16H20N2O2. The number of aliphatic hydroxyl groups is 1. The Morgan fingerprint density at radius 3 is 3.05 bits per heavy atom. The molecule has 0 aliphatic heterocycles. The van der Waals surface area contributed by atoms with E-state index in [1.165, 1.54) is 11.1 Å². The molecule has 2 aromatic rings. The molecule has 1 aromatic carbocycles. The van der Waals surface area contributed by atoms with E-state index in [0.717, 1.165) is 37.1 Å². The van der Waals surface area contributed by atoms with Gasteiger partial charge in [0.25, 0.3) is 0 Å². The molecule has 0 spiro atoms. The van der Waals surface area contributed by atoms with E-state index in [-0.39, 0.29) is 6.61 Å². The highest BCUT2D eigenvalue weighted by atomic mass is 16.5. The molecule has 0 bridgehead atoms. The second-order valence-electron chi connectivity index (χ2n) is 5.44. The molecule has 0 saturated heterocycles. The minimum atomic E-state index is -0.0383. The molecule has 0 saturated carbocycles. The minimum absolute atomic E-state index is 0.0383. The van der Waals surface area contributed by atoms with Crippen LogP contribution in [0.15, 0.2) is 28.8 Å². The third kappa shape index (κ3) is 2.62. The molecule has 1 atom stereocenters. The highest BCUT2D eigenvalue weighted by Crippen LogP contribution is 2.25. The predicted octanol–water partition coefficient (Wildman–Crippen LogP) is 2.12. The zero-order valence-corrected chi connectivity index (χ0v) is 11.7. The predicted molar refractivity (Wildman–Crippen MR) is 76.3 cm³/mol. The van der Waals surface area contributed by atoms with Gasteiger partial charge in [0, 0.05) is 24.6 Å². The van der Waals surface area contributed by atoms with Gasteiger partial charge >= 0.3 is 0 Å². The van der Waals surface area contributed by atoms with Gasteiger partial charge in [-0.05, 0) is 30.9 Å². The first-order valence-electron chi connectivity index (χ1n) is 7.13. The molecule has 0 fully saturated rings. The second kappa shape index (κ2) is 5.77. The summed E-state index contributed by atoms with van der Waals surface area (Å²) in [5.74, 6) is 0.947. The summed E-state index contributed by atoms with van der Waals surface area (Å²) in [5.41, 5.74) is 4.45. The SMILES string of the molecule is Cc1ccccc1CNC1CCc2onc(CO)c2C1. The van der Waals surface area contributed by atoms with Gasteiger partial charge in [0.15, 0.2) is 0 Å². The van der Waals surface area contributed by atoms with Crippen LogP contribution in [0, 0.1) is 6.92 Å². The van der Waals surface area contributed by atoms with E-state index in [0.29, 0.717) is 11.7 Å². The smallest absolute Gasteiger partial charge is 0.140 e. The summed E-state index contributed by atoms with van der Waals surface area (Å²) in [7, 11) is 0. The van der Waals surface area contributed by atoms with Crippen LogP contribution in [-0.4, -0.2) is 16.3 Å². The van der Waals surface area contributed by atoms with Gasteiger partial charge in [-0.3, -0.25) is 0 Å². The topological polar surface area (TPSA) is 58.3 Å². The maximum atomic E-state index is 9.27. The summed E-state index contributed by atoms with van der Waals surface area (Å²) in [5, 5.41) is 16.8. The molecular weight excluding hydrogens is 252 g/mol. The van der Waals surface area contributed by atoms with E-state index in [1.54, 1.807) is 0 Å². The molecule has 1 unspecified atom stereocenters. The Labute approximate surface area is 118 Å². The van der Waals surface area contributed by atoms with Crippen LogP contribution in [-0.2, 0) is 26.0 Å². The highest BCUT2D eigenvalue weighted by Gasteiger charge is 2.25. The van der Waals surface area contributed by atoms with Gasteiger partial charge in [0.1, 0.15) is 11.5 Å². The molecule has 2 N–H and O–H groups in total. The third-order valence-electron chi connectivity index (χ3n) is 4.11. The fourth-order valence-electron chi connectivity index (χ4n) is 2.82. The minimum Gasteiger partial charge on any atom is -0.390 e. The third-order valence-corrected chi connectivity index (χ3v) is 4.11. The monoisotopic (exact) mass is 272 g/mol. The lowest BCUT2D eigenvalue weighted by Gasteiger charge is -2.23. The zero-order chi connectivity index (χ0) is 13.9. The fourth-order valence-corrected chi connectivity index (χ4v) is 2.82. The van der Waals surface area contributed by atoms with Crippen molar-refractivity contribution in [3.05, 3.63) is 52.4 Å². The first kappa shape index (κ1) is 13.3. The average molecular weight is 272 g/mol. The number of aromatic nitrogens is 1. The molecule has 1 aliphatic rings. The number of rotatable bonds is 4. The quantitative estimate of drug-likeness (QED) is 0.895. The van der Waals surface area contributed by atoms with Gasteiger partial charge in [-0.25, -0.2) is 0 Å². The van der Waals surface area contributed by atoms with Crippen LogP contribution in [0.4, 0.5) is 0 Å². The number of hydrogen-bond acceptors (Lipinski definition) is 4. The van der Waals surface area contributed by atoms with Crippen LogP contribution < -0.4 is 5.32 Å². The molecule has 20 heavy (non-hydrogen) atoms. The van der Waals surface area contributed by atoms with Crippen LogP contribution in [0.25, 0.3) is 0 Å².